The molecule has 1 aliphatic rings. The first-order valence-electron chi connectivity index (χ1n) is 16.0. The lowest BCUT2D eigenvalue weighted by Crippen LogP contribution is -1.92. The molecule has 0 amide bonds. The van der Waals surface area contributed by atoms with E-state index in [2.05, 4.69) is 146 Å². The Balaban J connectivity index is 1.18. The Morgan fingerprint density at radius 3 is 1.93 bits per heavy atom. The average molecular weight is 583 g/mol. The van der Waals surface area contributed by atoms with Crippen LogP contribution < -0.4 is 0 Å². The van der Waals surface area contributed by atoms with Crippen molar-refractivity contribution in [2.75, 3.05) is 0 Å². The molecule has 0 N–H and O–H groups in total. The summed E-state index contributed by atoms with van der Waals surface area (Å²) in [5.41, 5.74) is 9.75. The van der Waals surface area contributed by atoms with Gasteiger partial charge in [0.1, 0.15) is 11.2 Å². The van der Waals surface area contributed by atoms with Gasteiger partial charge in [0.2, 0.25) is 0 Å². The van der Waals surface area contributed by atoms with Gasteiger partial charge in [-0.25, -0.2) is 0 Å². The van der Waals surface area contributed by atoms with Crippen LogP contribution in [0, 0.1) is 0 Å². The summed E-state index contributed by atoms with van der Waals surface area (Å²) in [7, 11) is 0. The fraction of sp³-hybridized carbons (Fsp3) is 0.0222. The summed E-state index contributed by atoms with van der Waals surface area (Å²) in [6, 6.07) is 53.9. The van der Waals surface area contributed by atoms with Gasteiger partial charge in [0.15, 0.2) is 0 Å². The Bertz CT molecular complexity index is 2940. The first-order valence-corrected chi connectivity index (χ1v) is 16.0. The minimum atomic E-state index is 0.896. The number of furan rings is 1. The number of hydrogen-bond donors (Lipinski definition) is 0. The van der Waals surface area contributed by atoms with Crippen molar-refractivity contribution in [2.24, 2.45) is 0 Å². The minimum absolute atomic E-state index is 0.896. The Kier molecular flexibility index (Phi) is 4.69. The minimum Gasteiger partial charge on any atom is -0.456 e. The van der Waals surface area contributed by atoms with Crippen molar-refractivity contribution in [3.05, 3.63) is 157 Å². The molecule has 1 aliphatic carbocycles. The molecule has 1 aromatic heterocycles. The molecule has 0 radical (unpaired) electrons. The first kappa shape index (κ1) is 24.4. The van der Waals surface area contributed by atoms with E-state index in [1.807, 2.05) is 0 Å². The zero-order valence-electron chi connectivity index (χ0n) is 25.0. The lowest BCUT2D eigenvalue weighted by molar-refractivity contribution is 0.669. The second kappa shape index (κ2) is 8.84. The van der Waals surface area contributed by atoms with Crippen LogP contribution >= 0.6 is 0 Å². The van der Waals surface area contributed by atoms with Crippen LogP contribution in [-0.4, -0.2) is 0 Å². The van der Waals surface area contributed by atoms with Gasteiger partial charge in [0.05, 0.1) is 0 Å². The lowest BCUT2D eigenvalue weighted by Gasteiger charge is -2.13. The average Bonchev–Trinajstić information content (AvgIpc) is 3.38. The van der Waals surface area contributed by atoms with Crippen molar-refractivity contribution < 1.29 is 4.42 Å². The molecule has 0 fully saturated rings. The number of hydrogen-bond acceptors (Lipinski definition) is 1. The monoisotopic (exact) mass is 582 g/mol. The molecule has 9 aromatic carbocycles. The summed E-state index contributed by atoms with van der Waals surface area (Å²) in [4.78, 5) is 0. The van der Waals surface area contributed by atoms with Gasteiger partial charge < -0.3 is 4.42 Å². The summed E-state index contributed by atoms with van der Waals surface area (Å²) in [5.74, 6) is 0. The second-order valence-corrected chi connectivity index (χ2v) is 12.8. The molecule has 0 unspecified atom stereocenters. The number of benzene rings is 9. The van der Waals surface area contributed by atoms with Gasteiger partial charge in [0, 0.05) is 10.8 Å². The van der Waals surface area contributed by atoms with Crippen LogP contribution in [0.15, 0.2) is 150 Å². The van der Waals surface area contributed by atoms with Gasteiger partial charge in [-0.3, -0.25) is 0 Å². The van der Waals surface area contributed by atoms with Crippen molar-refractivity contribution in [1.29, 1.82) is 0 Å². The molecule has 0 atom stereocenters. The van der Waals surface area contributed by atoms with Gasteiger partial charge in [-0.15, -0.1) is 0 Å². The Morgan fingerprint density at radius 1 is 0.348 bits per heavy atom. The van der Waals surface area contributed by atoms with Crippen LogP contribution in [-0.2, 0) is 6.42 Å². The molecular weight excluding hydrogens is 556 g/mol. The van der Waals surface area contributed by atoms with Crippen molar-refractivity contribution in [3.8, 4) is 22.3 Å². The highest BCUT2D eigenvalue weighted by Gasteiger charge is 2.21. The molecule has 10 aromatic rings. The third kappa shape index (κ3) is 3.24. The first-order chi connectivity index (χ1) is 22.8. The number of rotatable bonds is 1. The molecule has 1 heterocycles. The van der Waals surface area contributed by atoms with Crippen LogP contribution in [0.3, 0.4) is 0 Å². The maximum absolute atomic E-state index is 6.52. The van der Waals surface area contributed by atoms with Crippen molar-refractivity contribution in [1.82, 2.24) is 0 Å². The summed E-state index contributed by atoms with van der Waals surface area (Å²) in [6.07, 6.45) is 0.896. The topological polar surface area (TPSA) is 13.1 Å². The predicted molar refractivity (Wildman–Crippen MR) is 195 cm³/mol. The van der Waals surface area contributed by atoms with Crippen LogP contribution in [0.5, 0.6) is 0 Å². The van der Waals surface area contributed by atoms with E-state index in [0.717, 1.165) is 23.0 Å². The van der Waals surface area contributed by atoms with E-state index in [1.54, 1.807) is 0 Å². The molecule has 46 heavy (non-hydrogen) atoms. The predicted octanol–water partition coefficient (Wildman–Crippen LogP) is 12.6. The molecule has 1 heteroatoms. The highest BCUT2D eigenvalue weighted by Crippen LogP contribution is 2.45. The fourth-order valence-electron chi connectivity index (χ4n) is 8.34. The molecule has 0 spiro atoms. The van der Waals surface area contributed by atoms with E-state index in [9.17, 15) is 0 Å². The van der Waals surface area contributed by atoms with E-state index < -0.39 is 0 Å². The van der Waals surface area contributed by atoms with Gasteiger partial charge >= 0.3 is 0 Å². The highest BCUT2D eigenvalue weighted by molar-refractivity contribution is 6.18. The molecule has 212 valence electrons. The van der Waals surface area contributed by atoms with Gasteiger partial charge in [-0.2, -0.15) is 0 Å². The van der Waals surface area contributed by atoms with Crippen LogP contribution in [0.4, 0.5) is 0 Å². The molecule has 0 saturated carbocycles. The van der Waals surface area contributed by atoms with Gasteiger partial charge in [0.25, 0.3) is 0 Å². The van der Waals surface area contributed by atoms with Gasteiger partial charge in [-0.1, -0.05) is 109 Å². The SMILES string of the molecule is c1ccc2c(c1)cc(-c1ccc3oc4cc5ccc6c(c5cc4c3c1)Cc1cc3c-6cccc3c3ccccc13)c1ccccc12. The second-order valence-electron chi connectivity index (χ2n) is 12.8. The summed E-state index contributed by atoms with van der Waals surface area (Å²) < 4.78 is 6.52. The zero-order valence-corrected chi connectivity index (χ0v) is 25.0. The summed E-state index contributed by atoms with van der Waals surface area (Å²) in [6.45, 7) is 0. The van der Waals surface area contributed by atoms with E-state index in [-0.39, 0.29) is 0 Å². The maximum atomic E-state index is 6.52. The van der Waals surface area contributed by atoms with Crippen molar-refractivity contribution in [2.45, 2.75) is 6.42 Å². The standard InChI is InChI=1S/C45H26O/c1-2-9-30-26(8-1)20-38(34-13-6-5-11-32(30)34)27-17-19-44-42(21-27)43-25-39-28(24-45(43)46-44)16-18-37-36-15-7-14-35-33-12-4-3-10-31(33)29(22-40(35)36)23-41(37)39/h1-22,24-25H,23H2. The Labute approximate surface area is 264 Å². The highest BCUT2D eigenvalue weighted by atomic mass is 16.3. The molecular formula is C45H26O. The van der Waals surface area contributed by atoms with Crippen molar-refractivity contribution in [3.63, 3.8) is 0 Å². The third-order valence-electron chi connectivity index (χ3n) is 10.4. The molecule has 1 nitrogen and oxygen atoms in total. The molecule has 11 rings (SSSR count). The largest absolute Gasteiger partial charge is 0.456 e. The molecule has 0 saturated heterocycles. The summed E-state index contributed by atoms with van der Waals surface area (Å²) >= 11 is 0. The Hall–Kier alpha value is -5.92. The normalized spacial score (nSPS) is 12.7. The zero-order chi connectivity index (χ0) is 29.9. The summed E-state index contributed by atoms with van der Waals surface area (Å²) in [5, 5.41) is 15.3. The lowest BCUT2D eigenvalue weighted by atomic mass is 9.90. The van der Waals surface area contributed by atoms with Crippen molar-refractivity contribution >= 4 is 75.8 Å². The third-order valence-corrected chi connectivity index (χ3v) is 10.4. The maximum Gasteiger partial charge on any atom is 0.136 e. The quantitative estimate of drug-likeness (QED) is 0.176. The van der Waals surface area contributed by atoms with Gasteiger partial charge in [-0.05, 0) is 130 Å². The van der Waals surface area contributed by atoms with E-state index in [1.165, 1.54) is 92.6 Å². The van der Waals surface area contributed by atoms with E-state index >= 15 is 0 Å². The smallest absolute Gasteiger partial charge is 0.136 e. The fourth-order valence-corrected chi connectivity index (χ4v) is 8.34. The van der Waals surface area contributed by atoms with Crippen LogP contribution in [0.2, 0.25) is 0 Å². The van der Waals surface area contributed by atoms with E-state index in [0.29, 0.717) is 0 Å². The molecule has 0 aliphatic heterocycles. The van der Waals surface area contributed by atoms with Crippen LogP contribution in [0.1, 0.15) is 11.1 Å². The number of fused-ring (bicyclic) bond motifs is 14. The van der Waals surface area contributed by atoms with E-state index in [4.69, 9.17) is 4.42 Å². The van der Waals surface area contributed by atoms with Crippen LogP contribution in [0.25, 0.3) is 98.1 Å². The molecule has 2 bridgehead atoms. The Morgan fingerprint density at radius 2 is 1.04 bits per heavy atom.